The Labute approximate surface area is 97.9 Å². The Hall–Kier alpha value is -2.24. The maximum Gasteiger partial charge on any atom is 0.307 e. The summed E-state index contributed by atoms with van der Waals surface area (Å²) in [4.78, 5) is 10.8. The van der Waals surface area contributed by atoms with Gasteiger partial charge in [-0.3, -0.25) is 4.79 Å². The monoisotopic (exact) mass is 232 g/mol. The average molecular weight is 232 g/mol. The number of carbonyl (C=O) groups is 1. The summed E-state index contributed by atoms with van der Waals surface area (Å²) < 4.78 is 1.58. The number of hydrogen-bond acceptors (Lipinski definition) is 4. The summed E-state index contributed by atoms with van der Waals surface area (Å²) in [6.07, 6.45) is 0.646. The SMILES string of the molecule is CCc1nnnn1-c1ccccc1CC(=O)O. The van der Waals surface area contributed by atoms with Crippen LogP contribution in [0, 0.1) is 0 Å². The number of rotatable bonds is 4. The van der Waals surface area contributed by atoms with Gasteiger partial charge in [0.05, 0.1) is 12.1 Å². The summed E-state index contributed by atoms with van der Waals surface area (Å²) >= 11 is 0. The Kier molecular flexibility index (Phi) is 3.13. The molecule has 0 atom stereocenters. The highest BCUT2D eigenvalue weighted by Crippen LogP contribution is 2.15. The largest absolute Gasteiger partial charge is 0.481 e. The molecule has 6 nitrogen and oxygen atoms in total. The van der Waals surface area contributed by atoms with Crippen molar-refractivity contribution in [3.63, 3.8) is 0 Å². The van der Waals surface area contributed by atoms with Gasteiger partial charge >= 0.3 is 5.97 Å². The van der Waals surface area contributed by atoms with E-state index in [4.69, 9.17) is 5.11 Å². The van der Waals surface area contributed by atoms with E-state index in [9.17, 15) is 4.79 Å². The molecule has 0 bridgehead atoms. The van der Waals surface area contributed by atoms with Crippen LogP contribution in [0.25, 0.3) is 5.69 Å². The molecule has 6 heteroatoms. The first-order valence-corrected chi connectivity index (χ1v) is 5.29. The molecule has 0 radical (unpaired) electrons. The molecule has 0 saturated heterocycles. The van der Waals surface area contributed by atoms with Gasteiger partial charge in [-0.2, -0.15) is 4.68 Å². The Bertz CT molecular complexity index is 536. The Morgan fingerprint density at radius 2 is 2.18 bits per heavy atom. The number of aliphatic carboxylic acids is 1. The number of para-hydroxylation sites is 1. The zero-order chi connectivity index (χ0) is 12.3. The third-order valence-corrected chi connectivity index (χ3v) is 2.41. The first kappa shape index (κ1) is 11.3. The molecule has 0 aliphatic rings. The van der Waals surface area contributed by atoms with E-state index in [1.54, 1.807) is 16.8 Å². The molecule has 0 spiro atoms. The second-order valence-electron chi connectivity index (χ2n) is 3.56. The Morgan fingerprint density at radius 3 is 2.88 bits per heavy atom. The van der Waals surface area contributed by atoms with Crippen LogP contribution in [-0.4, -0.2) is 31.3 Å². The molecule has 88 valence electrons. The molecule has 0 amide bonds. The quantitative estimate of drug-likeness (QED) is 0.845. The molecular formula is C11H12N4O2. The van der Waals surface area contributed by atoms with E-state index in [0.717, 1.165) is 5.69 Å². The normalized spacial score (nSPS) is 10.4. The van der Waals surface area contributed by atoms with Crippen LogP contribution < -0.4 is 0 Å². The molecule has 2 aromatic rings. The third kappa shape index (κ3) is 2.30. The van der Waals surface area contributed by atoms with Gasteiger partial charge in [-0.1, -0.05) is 25.1 Å². The van der Waals surface area contributed by atoms with E-state index in [2.05, 4.69) is 15.5 Å². The minimum Gasteiger partial charge on any atom is -0.481 e. The number of hydrogen-bond donors (Lipinski definition) is 1. The Morgan fingerprint density at radius 1 is 1.41 bits per heavy atom. The van der Waals surface area contributed by atoms with Crippen molar-refractivity contribution in [2.45, 2.75) is 19.8 Å². The maximum atomic E-state index is 10.8. The highest BCUT2D eigenvalue weighted by molar-refractivity contribution is 5.71. The predicted octanol–water partition coefficient (Wildman–Crippen LogP) is 0.852. The molecule has 17 heavy (non-hydrogen) atoms. The first-order chi connectivity index (χ1) is 8.22. The fourth-order valence-corrected chi connectivity index (χ4v) is 1.64. The lowest BCUT2D eigenvalue weighted by Crippen LogP contribution is -2.09. The fourth-order valence-electron chi connectivity index (χ4n) is 1.64. The standard InChI is InChI=1S/C11H12N4O2/c1-2-10-12-13-14-15(10)9-6-4-3-5-8(9)7-11(16)17/h3-6H,2,7H2,1H3,(H,16,17). The summed E-state index contributed by atoms with van der Waals surface area (Å²) in [5.74, 6) is -0.161. The predicted molar refractivity (Wildman–Crippen MR) is 59.9 cm³/mol. The highest BCUT2D eigenvalue weighted by atomic mass is 16.4. The van der Waals surface area contributed by atoms with Gasteiger partial charge in [0, 0.05) is 6.42 Å². The molecule has 1 aromatic heterocycles. The van der Waals surface area contributed by atoms with Crippen molar-refractivity contribution in [3.8, 4) is 5.69 Å². The van der Waals surface area contributed by atoms with Gasteiger partial charge in [-0.15, -0.1) is 5.10 Å². The lowest BCUT2D eigenvalue weighted by atomic mass is 10.1. The number of aryl methyl sites for hydroxylation is 1. The number of carboxylic acid groups (broad SMARTS) is 1. The summed E-state index contributed by atoms with van der Waals surface area (Å²) in [6.45, 7) is 1.95. The van der Waals surface area contributed by atoms with E-state index in [-0.39, 0.29) is 6.42 Å². The smallest absolute Gasteiger partial charge is 0.307 e. The summed E-state index contributed by atoms with van der Waals surface area (Å²) in [7, 11) is 0. The zero-order valence-electron chi connectivity index (χ0n) is 9.37. The van der Waals surface area contributed by atoms with E-state index in [1.807, 2.05) is 19.1 Å². The molecule has 1 heterocycles. The fraction of sp³-hybridized carbons (Fsp3) is 0.273. The lowest BCUT2D eigenvalue weighted by molar-refractivity contribution is -0.136. The van der Waals surface area contributed by atoms with Crippen LogP contribution in [0.4, 0.5) is 0 Å². The van der Waals surface area contributed by atoms with Crippen molar-refractivity contribution in [2.75, 3.05) is 0 Å². The minimum atomic E-state index is -0.872. The van der Waals surface area contributed by atoms with Gasteiger partial charge in [-0.25, -0.2) is 0 Å². The molecule has 0 unspecified atom stereocenters. The summed E-state index contributed by atoms with van der Waals surface area (Å²) in [5, 5.41) is 20.2. The van der Waals surface area contributed by atoms with E-state index >= 15 is 0 Å². The van der Waals surface area contributed by atoms with Crippen molar-refractivity contribution in [2.24, 2.45) is 0 Å². The van der Waals surface area contributed by atoms with Crippen molar-refractivity contribution in [1.82, 2.24) is 20.2 Å². The molecule has 2 rings (SSSR count). The molecule has 0 saturated carbocycles. The zero-order valence-corrected chi connectivity index (χ0v) is 9.37. The van der Waals surface area contributed by atoms with Crippen LogP contribution in [0.1, 0.15) is 18.3 Å². The maximum absolute atomic E-state index is 10.8. The van der Waals surface area contributed by atoms with E-state index < -0.39 is 5.97 Å². The van der Waals surface area contributed by atoms with Gasteiger partial charge in [0.25, 0.3) is 0 Å². The second-order valence-corrected chi connectivity index (χ2v) is 3.56. The first-order valence-electron chi connectivity index (χ1n) is 5.29. The van der Waals surface area contributed by atoms with Crippen LogP contribution in [0.15, 0.2) is 24.3 Å². The second kappa shape index (κ2) is 4.73. The van der Waals surface area contributed by atoms with Crippen molar-refractivity contribution in [1.29, 1.82) is 0 Å². The van der Waals surface area contributed by atoms with Crippen LogP contribution in [-0.2, 0) is 17.6 Å². The number of tetrazole rings is 1. The van der Waals surface area contributed by atoms with Crippen molar-refractivity contribution < 1.29 is 9.90 Å². The number of carboxylic acids is 1. The molecule has 0 aliphatic heterocycles. The van der Waals surface area contributed by atoms with Crippen LogP contribution in [0.3, 0.4) is 0 Å². The molecule has 1 aromatic carbocycles. The lowest BCUT2D eigenvalue weighted by Gasteiger charge is -2.08. The van der Waals surface area contributed by atoms with Crippen LogP contribution >= 0.6 is 0 Å². The summed E-state index contributed by atoms with van der Waals surface area (Å²) in [6, 6.07) is 7.22. The molecular weight excluding hydrogens is 220 g/mol. The van der Waals surface area contributed by atoms with Gasteiger partial charge in [0.15, 0.2) is 5.82 Å². The summed E-state index contributed by atoms with van der Waals surface area (Å²) in [5.41, 5.74) is 1.42. The minimum absolute atomic E-state index is 0.0425. The van der Waals surface area contributed by atoms with Crippen molar-refractivity contribution in [3.05, 3.63) is 35.7 Å². The van der Waals surface area contributed by atoms with Gasteiger partial charge in [0.2, 0.25) is 0 Å². The molecule has 0 aliphatic carbocycles. The number of benzene rings is 1. The van der Waals surface area contributed by atoms with E-state index in [0.29, 0.717) is 17.8 Å². The highest BCUT2D eigenvalue weighted by Gasteiger charge is 2.12. The van der Waals surface area contributed by atoms with Gasteiger partial charge in [-0.05, 0) is 22.1 Å². The third-order valence-electron chi connectivity index (χ3n) is 2.41. The van der Waals surface area contributed by atoms with Gasteiger partial charge in [0.1, 0.15) is 0 Å². The molecule has 1 N–H and O–H groups in total. The van der Waals surface area contributed by atoms with Crippen LogP contribution in [0.5, 0.6) is 0 Å². The van der Waals surface area contributed by atoms with Crippen molar-refractivity contribution >= 4 is 5.97 Å². The molecule has 0 fully saturated rings. The topological polar surface area (TPSA) is 80.9 Å². The van der Waals surface area contributed by atoms with Gasteiger partial charge < -0.3 is 5.11 Å². The van der Waals surface area contributed by atoms with E-state index in [1.165, 1.54) is 0 Å². The van der Waals surface area contributed by atoms with Crippen LogP contribution in [0.2, 0.25) is 0 Å². The number of aromatic nitrogens is 4. The Balaban J connectivity index is 2.48. The number of nitrogens with zero attached hydrogens (tertiary/aromatic N) is 4. The average Bonchev–Trinajstić information content (AvgIpc) is 2.77.